The molecule has 2 heterocycles. The summed E-state index contributed by atoms with van der Waals surface area (Å²) < 4.78 is 7.74. The van der Waals surface area contributed by atoms with Gasteiger partial charge in [0.2, 0.25) is 5.89 Å². The van der Waals surface area contributed by atoms with Crippen LogP contribution in [0.2, 0.25) is 0 Å². The van der Waals surface area contributed by atoms with E-state index >= 15 is 0 Å². The highest BCUT2D eigenvalue weighted by atomic mass is 16.4. The molecule has 1 aromatic carbocycles. The largest absolute Gasteiger partial charge is 0.439 e. The van der Waals surface area contributed by atoms with Crippen molar-refractivity contribution in [2.24, 2.45) is 0 Å². The van der Waals surface area contributed by atoms with E-state index in [2.05, 4.69) is 29.2 Å². The van der Waals surface area contributed by atoms with Gasteiger partial charge in [-0.3, -0.25) is 4.68 Å². The highest BCUT2D eigenvalue weighted by molar-refractivity contribution is 5.55. The maximum atomic E-state index is 5.79. The Morgan fingerprint density at radius 3 is 2.73 bits per heavy atom. The molecule has 1 N–H and O–H groups in total. The maximum Gasteiger partial charge on any atom is 0.208 e. The molecule has 0 radical (unpaired) electrons. The normalized spacial score (nSPS) is 13.9. The third-order valence-electron chi connectivity index (χ3n) is 3.85. The van der Waals surface area contributed by atoms with Crippen molar-refractivity contribution in [2.45, 2.75) is 32.5 Å². The van der Waals surface area contributed by atoms with E-state index in [1.807, 2.05) is 47.3 Å². The lowest BCUT2D eigenvalue weighted by Crippen LogP contribution is -2.33. The van der Waals surface area contributed by atoms with Gasteiger partial charge < -0.3 is 9.73 Å². The van der Waals surface area contributed by atoms with Crippen molar-refractivity contribution < 1.29 is 4.42 Å². The molecule has 5 nitrogen and oxygen atoms in total. The fraction of sp³-hybridized carbons (Fsp3) is 0.294. The number of hydrogen-bond acceptors (Lipinski definition) is 4. The Morgan fingerprint density at radius 2 is 2.00 bits per heavy atom. The maximum absolute atomic E-state index is 5.79. The lowest BCUT2D eigenvalue weighted by atomic mass is 10.2. The van der Waals surface area contributed by atoms with Crippen LogP contribution in [0.3, 0.4) is 0 Å². The van der Waals surface area contributed by atoms with Crippen LogP contribution in [0.4, 0.5) is 0 Å². The van der Waals surface area contributed by atoms with Gasteiger partial charge in [-0.2, -0.15) is 5.10 Å². The van der Waals surface area contributed by atoms with Gasteiger partial charge in [0, 0.05) is 24.0 Å². The lowest BCUT2D eigenvalue weighted by molar-refractivity contribution is 0.349. The summed E-state index contributed by atoms with van der Waals surface area (Å²) >= 11 is 0. The Balaban J connectivity index is 1.59. The van der Waals surface area contributed by atoms with E-state index in [1.54, 1.807) is 12.4 Å². The fourth-order valence-electron chi connectivity index (χ4n) is 2.30. The Labute approximate surface area is 130 Å². The predicted molar refractivity (Wildman–Crippen MR) is 85.2 cm³/mol. The van der Waals surface area contributed by atoms with Crippen LogP contribution in [0.25, 0.3) is 11.3 Å². The van der Waals surface area contributed by atoms with E-state index in [4.69, 9.17) is 4.42 Å². The zero-order chi connectivity index (χ0) is 15.4. The molecule has 2 aromatic heterocycles. The van der Waals surface area contributed by atoms with E-state index in [1.165, 1.54) is 0 Å². The second-order valence-electron chi connectivity index (χ2n) is 5.38. The van der Waals surface area contributed by atoms with Gasteiger partial charge in [-0.05, 0) is 19.9 Å². The average Bonchev–Trinajstić information content (AvgIpc) is 3.24. The molecule has 0 aliphatic carbocycles. The first-order valence-corrected chi connectivity index (χ1v) is 7.46. The van der Waals surface area contributed by atoms with Crippen LogP contribution < -0.4 is 5.32 Å². The van der Waals surface area contributed by atoms with Gasteiger partial charge in [0.1, 0.15) is 0 Å². The van der Waals surface area contributed by atoms with E-state index in [0.29, 0.717) is 12.4 Å². The number of rotatable bonds is 6. The van der Waals surface area contributed by atoms with Crippen molar-refractivity contribution in [1.82, 2.24) is 20.1 Å². The molecule has 0 aliphatic rings. The minimum atomic E-state index is 0.256. The number of nitrogens with zero attached hydrogens (tertiary/aromatic N) is 3. The molecule has 3 aromatic rings. The number of hydrogen-bond donors (Lipinski definition) is 1. The Bertz CT molecular complexity index is 691. The number of oxazole rings is 1. The minimum Gasteiger partial charge on any atom is -0.439 e. The average molecular weight is 296 g/mol. The molecule has 0 amide bonds. The molecule has 2 atom stereocenters. The van der Waals surface area contributed by atoms with Crippen LogP contribution >= 0.6 is 0 Å². The van der Waals surface area contributed by atoms with E-state index in [9.17, 15) is 0 Å². The monoisotopic (exact) mass is 296 g/mol. The van der Waals surface area contributed by atoms with Gasteiger partial charge in [0.25, 0.3) is 0 Å². The van der Waals surface area contributed by atoms with Crippen molar-refractivity contribution in [3.63, 3.8) is 0 Å². The minimum absolute atomic E-state index is 0.256. The molecule has 0 fully saturated rings. The lowest BCUT2D eigenvalue weighted by Gasteiger charge is -2.21. The van der Waals surface area contributed by atoms with Crippen LogP contribution in [0.5, 0.6) is 0 Å². The molecule has 0 aliphatic heterocycles. The fourth-order valence-corrected chi connectivity index (χ4v) is 2.30. The summed E-state index contributed by atoms with van der Waals surface area (Å²) in [6.45, 7) is 4.86. The Morgan fingerprint density at radius 1 is 1.18 bits per heavy atom. The first-order chi connectivity index (χ1) is 10.7. The summed E-state index contributed by atoms with van der Waals surface area (Å²) in [5.41, 5.74) is 1.04. The van der Waals surface area contributed by atoms with Gasteiger partial charge >= 0.3 is 0 Å². The van der Waals surface area contributed by atoms with Gasteiger partial charge in [0.05, 0.1) is 18.8 Å². The second kappa shape index (κ2) is 6.58. The number of nitrogens with one attached hydrogen (secondary N) is 1. The predicted octanol–water partition coefficient (Wildman–Crippen LogP) is 3.28. The molecule has 0 saturated carbocycles. The summed E-state index contributed by atoms with van der Waals surface area (Å²) in [7, 11) is 0. The van der Waals surface area contributed by atoms with E-state index in [-0.39, 0.29) is 12.1 Å². The molecule has 0 saturated heterocycles. The van der Waals surface area contributed by atoms with Crippen LogP contribution in [0.1, 0.15) is 25.8 Å². The van der Waals surface area contributed by atoms with Crippen LogP contribution in [-0.4, -0.2) is 20.8 Å². The Kier molecular flexibility index (Phi) is 4.34. The van der Waals surface area contributed by atoms with Gasteiger partial charge in [-0.15, -0.1) is 0 Å². The number of aromatic nitrogens is 3. The molecular formula is C17H20N4O. The van der Waals surface area contributed by atoms with Crippen LogP contribution in [0, 0.1) is 0 Å². The molecule has 2 unspecified atom stereocenters. The molecule has 5 heteroatoms. The third-order valence-corrected chi connectivity index (χ3v) is 3.85. The van der Waals surface area contributed by atoms with Crippen molar-refractivity contribution in [2.75, 3.05) is 0 Å². The summed E-state index contributed by atoms with van der Waals surface area (Å²) in [6.07, 6.45) is 5.54. The number of benzene rings is 1. The molecular weight excluding hydrogens is 276 g/mol. The molecule has 3 rings (SSSR count). The van der Waals surface area contributed by atoms with Crippen molar-refractivity contribution >= 4 is 0 Å². The van der Waals surface area contributed by atoms with E-state index in [0.717, 1.165) is 11.3 Å². The van der Waals surface area contributed by atoms with Crippen LogP contribution in [0.15, 0.2) is 59.4 Å². The summed E-state index contributed by atoms with van der Waals surface area (Å²) in [6, 6.07) is 12.4. The van der Waals surface area contributed by atoms with Gasteiger partial charge in [-0.25, -0.2) is 4.98 Å². The van der Waals surface area contributed by atoms with Crippen LogP contribution in [-0.2, 0) is 6.54 Å². The quantitative estimate of drug-likeness (QED) is 0.758. The standard InChI is InChI=1S/C17H20N4O/c1-13(14(2)21-10-6-9-20-21)18-12-17-19-11-16(22-17)15-7-4-3-5-8-15/h3-11,13-14,18H,12H2,1-2H3. The highest BCUT2D eigenvalue weighted by Crippen LogP contribution is 2.19. The summed E-state index contributed by atoms with van der Waals surface area (Å²) in [5.74, 6) is 1.49. The second-order valence-corrected chi connectivity index (χ2v) is 5.38. The Hall–Kier alpha value is -2.40. The molecule has 114 valence electrons. The van der Waals surface area contributed by atoms with Crippen molar-refractivity contribution in [3.8, 4) is 11.3 Å². The molecule has 22 heavy (non-hydrogen) atoms. The van der Waals surface area contributed by atoms with Crippen molar-refractivity contribution in [3.05, 3.63) is 60.9 Å². The first-order valence-electron chi connectivity index (χ1n) is 7.46. The third kappa shape index (κ3) is 3.26. The zero-order valence-electron chi connectivity index (χ0n) is 12.8. The van der Waals surface area contributed by atoms with Gasteiger partial charge in [0.15, 0.2) is 5.76 Å². The highest BCUT2D eigenvalue weighted by Gasteiger charge is 2.15. The SMILES string of the molecule is CC(NCc1ncc(-c2ccccc2)o1)C(C)n1cccn1. The molecule has 0 spiro atoms. The topological polar surface area (TPSA) is 55.9 Å². The van der Waals surface area contributed by atoms with Gasteiger partial charge in [-0.1, -0.05) is 30.3 Å². The smallest absolute Gasteiger partial charge is 0.208 e. The first kappa shape index (κ1) is 14.5. The zero-order valence-corrected chi connectivity index (χ0v) is 12.8. The summed E-state index contributed by atoms with van der Waals surface area (Å²) in [4.78, 5) is 4.34. The molecule has 0 bridgehead atoms. The van der Waals surface area contributed by atoms with Crippen molar-refractivity contribution in [1.29, 1.82) is 0 Å². The summed E-state index contributed by atoms with van der Waals surface area (Å²) in [5, 5.41) is 7.71. The van der Waals surface area contributed by atoms with E-state index < -0.39 is 0 Å².